The average Bonchev–Trinajstić information content (AvgIpc) is 2.95. The molecular weight excluding hydrogens is 254 g/mol. The molecule has 20 heavy (non-hydrogen) atoms. The molecule has 0 saturated heterocycles. The summed E-state index contributed by atoms with van der Waals surface area (Å²) >= 11 is 0. The number of hydrogen-bond acceptors (Lipinski definition) is 4. The monoisotopic (exact) mass is 273 g/mol. The number of hydrogen-bond donors (Lipinski definition) is 2. The van der Waals surface area contributed by atoms with Gasteiger partial charge in [0.05, 0.1) is 29.3 Å². The molecule has 0 aliphatic heterocycles. The fraction of sp³-hybridized carbons (Fsp3) is 0.357. The van der Waals surface area contributed by atoms with Crippen molar-refractivity contribution in [3.63, 3.8) is 0 Å². The van der Waals surface area contributed by atoms with E-state index in [2.05, 4.69) is 29.2 Å². The van der Waals surface area contributed by atoms with E-state index in [0.29, 0.717) is 5.56 Å². The summed E-state index contributed by atoms with van der Waals surface area (Å²) in [5.41, 5.74) is 7.39. The van der Waals surface area contributed by atoms with Gasteiger partial charge in [-0.25, -0.2) is 4.68 Å². The number of rotatable bonds is 6. The number of pyridine rings is 1. The van der Waals surface area contributed by atoms with Gasteiger partial charge < -0.3 is 11.1 Å². The quantitative estimate of drug-likeness (QED) is 0.833. The smallest absolute Gasteiger partial charge is 0.251 e. The first-order chi connectivity index (χ1) is 9.65. The molecule has 0 aliphatic rings. The average molecular weight is 273 g/mol. The number of aromatic nitrogens is 3. The highest BCUT2D eigenvalue weighted by molar-refractivity contribution is 5.92. The Kier molecular flexibility index (Phi) is 4.47. The number of amides is 1. The summed E-state index contributed by atoms with van der Waals surface area (Å²) in [5.74, 6) is -0.487. The van der Waals surface area contributed by atoms with Crippen LogP contribution in [-0.2, 0) is 0 Å². The van der Waals surface area contributed by atoms with Gasteiger partial charge >= 0.3 is 0 Å². The van der Waals surface area contributed by atoms with Crippen molar-refractivity contribution >= 4 is 5.91 Å². The largest absolute Gasteiger partial charge is 0.366 e. The van der Waals surface area contributed by atoms with Crippen molar-refractivity contribution < 1.29 is 4.79 Å². The van der Waals surface area contributed by atoms with Crippen LogP contribution < -0.4 is 11.1 Å². The van der Waals surface area contributed by atoms with Crippen molar-refractivity contribution in [3.05, 3.63) is 42.0 Å². The van der Waals surface area contributed by atoms with Crippen LogP contribution in [0.3, 0.4) is 0 Å². The predicted molar refractivity (Wildman–Crippen MR) is 76.6 cm³/mol. The van der Waals surface area contributed by atoms with Gasteiger partial charge in [-0.2, -0.15) is 5.10 Å². The molecule has 2 heterocycles. The molecule has 2 rings (SSSR count). The standard InChI is InChI=1S/C14H19N5O/c1-3-12(16-4-2)13-6-5-11(8-17-13)19-9-10(7-18-19)14(15)20/h5-9,12,16H,3-4H2,1-2H3,(H2,15,20). The number of nitrogens with two attached hydrogens (primary N) is 1. The number of primary amides is 1. The van der Waals surface area contributed by atoms with Crippen LogP contribution in [0.2, 0.25) is 0 Å². The Balaban J connectivity index is 2.20. The summed E-state index contributed by atoms with van der Waals surface area (Å²) in [6.45, 7) is 5.10. The maximum absolute atomic E-state index is 11.0. The van der Waals surface area contributed by atoms with E-state index in [1.54, 1.807) is 17.1 Å². The second kappa shape index (κ2) is 6.29. The molecule has 0 aliphatic carbocycles. The van der Waals surface area contributed by atoms with E-state index in [0.717, 1.165) is 24.3 Å². The Morgan fingerprint density at radius 2 is 2.20 bits per heavy atom. The highest BCUT2D eigenvalue weighted by atomic mass is 16.1. The topological polar surface area (TPSA) is 85.8 Å². The van der Waals surface area contributed by atoms with E-state index >= 15 is 0 Å². The van der Waals surface area contributed by atoms with Crippen molar-refractivity contribution in [2.75, 3.05) is 6.54 Å². The second-order valence-corrected chi connectivity index (χ2v) is 4.50. The van der Waals surface area contributed by atoms with Gasteiger partial charge in [0.2, 0.25) is 0 Å². The molecule has 1 atom stereocenters. The van der Waals surface area contributed by atoms with Gasteiger partial charge in [0.25, 0.3) is 5.91 Å². The maximum atomic E-state index is 11.0. The molecule has 2 aromatic rings. The normalized spacial score (nSPS) is 12.3. The first-order valence-corrected chi connectivity index (χ1v) is 6.69. The zero-order valence-electron chi connectivity index (χ0n) is 11.7. The van der Waals surface area contributed by atoms with Crippen molar-refractivity contribution in [3.8, 4) is 5.69 Å². The van der Waals surface area contributed by atoms with Crippen LogP contribution in [0.25, 0.3) is 5.69 Å². The fourth-order valence-corrected chi connectivity index (χ4v) is 2.03. The lowest BCUT2D eigenvalue weighted by Crippen LogP contribution is -2.21. The Bertz CT molecular complexity index is 576. The third kappa shape index (κ3) is 3.03. The van der Waals surface area contributed by atoms with Gasteiger partial charge in [0.15, 0.2) is 0 Å². The molecule has 0 aromatic carbocycles. The van der Waals surface area contributed by atoms with Crippen LogP contribution in [-0.4, -0.2) is 27.2 Å². The predicted octanol–water partition coefficient (Wildman–Crippen LogP) is 1.43. The highest BCUT2D eigenvalue weighted by Crippen LogP contribution is 2.15. The van der Waals surface area contributed by atoms with Crippen molar-refractivity contribution in [1.82, 2.24) is 20.1 Å². The Morgan fingerprint density at radius 3 is 2.70 bits per heavy atom. The lowest BCUT2D eigenvalue weighted by molar-refractivity contribution is 0.100. The van der Waals surface area contributed by atoms with Crippen molar-refractivity contribution in [1.29, 1.82) is 0 Å². The minimum absolute atomic E-state index is 0.257. The van der Waals surface area contributed by atoms with E-state index in [4.69, 9.17) is 5.73 Å². The molecule has 0 radical (unpaired) electrons. The van der Waals surface area contributed by atoms with Gasteiger partial charge in [-0.15, -0.1) is 0 Å². The fourth-order valence-electron chi connectivity index (χ4n) is 2.03. The van der Waals surface area contributed by atoms with Crippen LogP contribution >= 0.6 is 0 Å². The SMILES string of the molecule is CCNC(CC)c1ccc(-n2cc(C(N)=O)cn2)cn1. The zero-order valence-corrected chi connectivity index (χ0v) is 11.7. The first-order valence-electron chi connectivity index (χ1n) is 6.69. The summed E-state index contributed by atoms with van der Waals surface area (Å²) < 4.78 is 1.59. The number of carbonyl (C=O) groups excluding carboxylic acids is 1. The maximum Gasteiger partial charge on any atom is 0.251 e. The molecule has 0 bridgehead atoms. The Hall–Kier alpha value is -2.21. The van der Waals surface area contributed by atoms with Gasteiger partial charge in [-0.3, -0.25) is 9.78 Å². The third-order valence-corrected chi connectivity index (χ3v) is 3.12. The number of nitrogens with zero attached hydrogens (tertiary/aromatic N) is 3. The van der Waals surface area contributed by atoms with Crippen LogP contribution in [0, 0.1) is 0 Å². The Morgan fingerprint density at radius 1 is 1.40 bits per heavy atom. The summed E-state index contributed by atoms with van der Waals surface area (Å²) in [7, 11) is 0. The minimum Gasteiger partial charge on any atom is -0.366 e. The molecule has 6 nitrogen and oxygen atoms in total. The Labute approximate surface area is 118 Å². The van der Waals surface area contributed by atoms with Crippen molar-refractivity contribution in [2.45, 2.75) is 26.3 Å². The van der Waals surface area contributed by atoms with E-state index < -0.39 is 5.91 Å². The minimum atomic E-state index is -0.487. The molecule has 1 unspecified atom stereocenters. The summed E-state index contributed by atoms with van der Waals surface area (Å²) in [6, 6.07) is 4.16. The number of nitrogens with one attached hydrogen (secondary N) is 1. The summed E-state index contributed by atoms with van der Waals surface area (Å²) in [4.78, 5) is 15.5. The molecule has 106 valence electrons. The van der Waals surface area contributed by atoms with E-state index in [1.165, 1.54) is 6.20 Å². The molecule has 0 spiro atoms. The highest BCUT2D eigenvalue weighted by Gasteiger charge is 2.10. The van der Waals surface area contributed by atoms with Crippen LogP contribution in [0.15, 0.2) is 30.7 Å². The summed E-state index contributed by atoms with van der Waals surface area (Å²) in [6.07, 6.45) is 5.77. The van der Waals surface area contributed by atoms with Crippen LogP contribution in [0.5, 0.6) is 0 Å². The van der Waals surface area contributed by atoms with Crippen molar-refractivity contribution in [2.24, 2.45) is 5.73 Å². The molecule has 0 saturated carbocycles. The lowest BCUT2D eigenvalue weighted by atomic mass is 10.1. The number of carbonyl (C=O) groups is 1. The van der Waals surface area contributed by atoms with Crippen LogP contribution in [0.4, 0.5) is 0 Å². The van der Waals surface area contributed by atoms with E-state index in [-0.39, 0.29) is 6.04 Å². The second-order valence-electron chi connectivity index (χ2n) is 4.50. The van der Waals surface area contributed by atoms with Gasteiger partial charge in [-0.05, 0) is 25.1 Å². The zero-order chi connectivity index (χ0) is 14.5. The molecule has 1 amide bonds. The molecule has 3 N–H and O–H groups in total. The van der Waals surface area contributed by atoms with Gasteiger partial charge in [-0.1, -0.05) is 13.8 Å². The van der Waals surface area contributed by atoms with E-state index in [1.807, 2.05) is 12.1 Å². The molecular formula is C14H19N5O. The molecule has 0 fully saturated rings. The summed E-state index contributed by atoms with van der Waals surface area (Å²) in [5, 5.41) is 7.48. The molecule has 2 aromatic heterocycles. The third-order valence-electron chi connectivity index (χ3n) is 3.12. The first kappa shape index (κ1) is 14.2. The van der Waals surface area contributed by atoms with Gasteiger partial charge in [0.1, 0.15) is 0 Å². The lowest BCUT2D eigenvalue weighted by Gasteiger charge is -2.15. The van der Waals surface area contributed by atoms with Gasteiger partial charge in [0, 0.05) is 12.2 Å². The molecule has 6 heteroatoms. The van der Waals surface area contributed by atoms with Crippen LogP contribution in [0.1, 0.15) is 42.4 Å². The van der Waals surface area contributed by atoms with E-state index in [9.17, 15) is 4.79 Å².